The van der Waals surface area contributed by atoms with Gasteiger partial charge < -0.3 is 71.0 Å². The zero-order valence-electron chi connectivity index (χ0n) is 80.1. The molecule has 144 heavy (non-hydrogen) atoms. The van der Waals surface area contributed by atoms with E-state index >= 15 is 0 Å². The zero-order chi connectivity index (χ0) is 105. The number of phenols is 1. The van der Waals surface area contributed by atoms with Crippen LogP contribution in [0.15, 0.2) is 192 Å². The van der Waals surface area contributed by atoms with Crippen LogP contribution in [0.2, 0.25) is 10.0 Å². The van der Waals surface area contributed by atoms with E-state index in [1.165, 1.54) is 81.1 Å². The van der Waals surface area contributed by atoms with Crippen molar-refractivity contribution in [1.82, 2.24) is 46.2 Å². The number of anilines is 1. The lowest BCUT2D eigenvalue weighted by molar-refractivity contribution is -0.238. The molecule has 7 atom stereocenters. The molecule has 16 rings (SSSR count). The molecule has 0 unspecified atom stereocenters. The van der Waals surface area contributed by atoms with Crippen LogP contribution in [0.4, 0.5) is 18.9 Å². The van der Waals surface area contributed by atoms with E-state index in [4.69, 9.17) is 70.7 Å². The molecular formula is C99H115Cl2F3N16O18S6. The summed E-state index contributed by atoms with van der Waals surface area (Å²) in [6, 6.07) is 37.6. The van der Waals surface area contributed by atoms with Crippen molar-refractivity contribution in [2.75, 3.05) is 77.3 Å². The van der Waals surface area contributed by atoms with Crippen molar-refractivity contribution in [3.8, 4) is 22.8 Å². The summed E-state index contributed by atoms with van der Waals surface area (Å²) in [6.45, 7) is 19.0. The number of allylic oxidation sites excluding steroid dienone is 2. The standard InChI is InChI=1S/C18H20Cl2N2O4.C18H18O2S.C15H16N4.C14H17N3O2.C14H15NO3S3.C12H10F3N3OS.C7H15N3O5S.CH4O/c1-11(23)15-16(13-3-2-12(19)10-14(13)20)22(18(25)17(15)24)5-4-21-6-8-26-9-7-21;1-12-10-18(2,3)11-13-6-7-14(9-15(12)13)20-17(19)16-5-4-8-21-16;1-3-10(2)16-9-14-17-13-8-11-6-4-5-7-12(11)15(13)19-18-14;1-10(12-6-2-3-7-13(12)18)15-8-4-5-11-9-16-17-14(11)19;16-12(17)6-2-1-3-7-15-13(18)11(21-14(15)19)9-10-5-4-8-20-10;13-12(14,15)8-2-1-3-9(6-8)17-10(19)7-20-11-4-5-16-18-11;8-7(16)10-9-6-5(14)4(13)3(12)2(1-11)15-6;1-2/h2-3,10,16,24H,4-9H2,1H3;4-10H,11H2,1-3H3;4-7H,3,8-9H2,1-2H3;2-3,6-7,9,11,18H,4-5,8H2,1H3,(H,17,19);4-5,8-9H,1-3,6-7H2,(H,16,17);1-3,5-6H,4,7H2,(H,17,19);2-6,9,11-14H,1H2,(H3,8,10,16);2H,1H3/b;;;;11-9-;;;/t16-;;;11-;;;2-,3+,4+,5-,6-;/m0..1..1./s1. The number of para-hydroxylation sites is 1. The third-order valence-electron chi connectivity index (χ3n) is 22.5. The number of alkyl halides is 3. The Balaban J connectivity index is 0.000000187. The Morgan fingerprint density at radius 1 is 0.826 bits per heavy atom. The lowest BCUT2D eigenvalue weighted by Crippen LogP contribution is -2.65. The highest BCUT2D eigenvalue weighted by atomic mass is 35.5. The number of hydrazine groups is 1. The first-order valence-electron chi connectivity index (χ1n) is 45.6. The fourth-order valence-electron chi connectivity index (χ4n) is 15.2. The molecule has 34 nitrogen and oxygen atoms in total. The van der Waals surface area contributed by atoms with E-state index < -0.39 is 72.7 Å². The number of aliphatic carboxylic acids is 1. The zero-order valence-corrected chi connectivity index (χ0v) is 86.5. The van der Waals surface area contributed by atoms with E-state index in [0.29, 0.717) is 105 Å². The summed E-state index contributed by atoms with van der Waals surface area (Å²) in [6.07, 6.45) is 4.12. The van der Waals surface area contributed by atoms with Crippen LogP contribution in [-0.2, 0) is 63.8 Å². The van der Waals surface area contributed by atoms with Gasteiger partial charge in [-0.05, 0) is 195 Å². The largest absolute Gasteiger partial charge is 0.507 e. The van der Waals surface area contributed by atoms with Gasteiger partial charge in [-0.15, -0.1) is 38.0 Å². The first-order chi connectivity index (χ1) is 68.8. The van der Waals surface area contributed by atoms with Crippen molar-refractivity contribution in [3.05, 3.63) is 231 Å². The van der Waals surface area contributed by atoms with Crippen LogP contribution < -0.4 is 32.1 Å². The number of thiocarbonyl (C=S) groups is 2. The predicted octanol–water partition coefficient (Wildman–Crippen LogP) is 14.6. The number of aliphatic hydroxyl groups excluding tert-OH is 6. The molecule has 3 aromatic heterocycles. The number of carboxylic acids is 1. The number of morpholine rings is 1. The van der Waals surface area contributed by atoms with Gasteiger partial charge in [0.25, 0.3) is 11.8 Å². The SMILES string of the molecule is CC(=NCCC[C@@H]1C=NNC1=O)c1ccccc1O.CC(=O)C1=C(O)C(=O)N(CCN2CCOCC2)[C@H]1c1ccc(Cl)cc1Cl.CC1=CC(C)(C)Cc2ccc(OC(=O)c3cccs3)cc21.CCC(C)=NCc1nnc2c(n1)Cc1ccccc1-2.CO.NC(=S)NN[C@@H]1O[C@H](CO)[C@H](O)[C@H](O)[C@H]1O.O=C(CSC1=NN=CC1)Nc1cccc(C(F)(F)F)c1.O=C(O)CCCCCN1C(=O)/C(=C/c2cccs2)SC1=S. The minimum Gasteiger partial charge on any atom is -0.507 e. The van der Waals surface area contributed by atoms with Crippen molar-refractivity contribution >= 4 is 191 Å². The number of halogens is 5. The number of fused-ring (bicyclic) bond motifs is 4. The molecule has 14 N–H and O–H groups in total. The van der Waals surface area contributed by atoms with E-state index in [1.807, 2.05) is 85.3 Å². The highest BCUT2D eigenvalue weighted by Crippen LogP contribution is 2.43. The minimum absolute atomic E-state index is 0.0404. The summed E-state index contributed by atoms with van der Waals surface area (Å²) in [7, 11) is 1.00. The molecule has 770 valence electrons. The molecule has 0 spiro atoms. The highest BCUT2D eigenvalue weighted by molar-refractivity contribution is 8.26. The number of esters is 1. The predicted molar refractivity (Wildman–Crippen MR) is 563 cm³/mol. The number of nitrogens with one attached hydrogen (secondary N) is 4. The van der Waals surface area contributed by atoms with Crippen LogP contribution in [0, 0.1) is 11.3 Å². The van der Waals surface area contributed by atoms with Gasteiger partial charge in [0.2, 0.25) is 11.8 Å². The number of unbranched alkanes of at least 4 members (excludes halogenated alkanes) is 2. The van der Waals surface area contributed by atoms with Crippen LogP contribution in [0.25, 0.3) is 22.9 Å². The Morgan fingerprint density at radius 3 is 2.22 bits per heavy atom. The summed E-state index contributed by atoms with van der Waals surface area (Å²) >= 11 is 27.6. The Morgan fingerprint density at radius 2 is 1.56 bits per heavy atom. The number of hydrogen-bond acceptors (Lipinski definition) is 33. The maximum Gasteiger partial charge on any atom is 0.416 e. The molecule has 8 aromatic rings. The number of hydrazone groups is 1. The fraction of sp³-hybridized carbons (Fsp3) is 0.384. The van der Waals surface area contributed by atoms with Crippen molar-refractivity contribution in [2.45, 2.75) is 162 Å². The van der Waals surface area contributed by atoms with E-state index in [9.17, 15) is 72.3 Å². The van der Waals surface area contributed by atoms with Crippen LogP contribution in [0.3, 0.4) is 0 Å². The summed E-state index contributed by atoms with van der Waals surface area (Å²) in [5.41, 5.74) is 23.3. The van der Waals surface area contributed by atoms with Crippen molar-refractivity contribution in [3.63, 3.8) is 0 Å². The van der Waals surface area contributed by atoms with Crippen molar-refractivity contribution < 1.29 is 102 Å². The lowest BCUT2D eigenvalue weighted by Gasteiger charge is -2.40. The normalized spacial score (nSPS) is 19.3. The molecule has 0 saturated carbocycles. The average Bonchev–Trinajstić information content (AvgIpc) is 1.61. The van der Waals surface area contributed by atoms with Gasteiger partial charge in [-0.25, -0.2) is 20.6 Å². The van der Waals surface area contributed by atoms with Gasteiger partial charge in [0.05, 0.1) is 59.3 Å². The van der Waals surface area contributed by atoms with E-state index in [-0.39, 0.29) is 75.1 Å². The second-order valence-electron chi connectivity index (χ2n) is 33.6. The number of aromatic hydroxyl groups is 1. The van der Waals surface area contributed by atoms with Crippen LogP contribution >= 0.6 is 93.8 Å². The molecule has 3 saturated heterocycles. The first-order valence-corrected chi connectivity index (χ1v) is 50.7. The molecule has 6 aliphatic heterocycles. The molecule has 4 amide bonds. The van der Waals surface area contributed by atoms with Crippen LogP contribution in [-0.4, -0.2) is 253 Å². The quantitative estimate of drug-likeness (QED) is 0.00412. The molecule has 9 heterocycles. The number of carbonyl (C=O) groups is 7. The van der Waals surface area contributed by atoms with Gasteiger partial charge in [-0.2, -0.15) is 23.4 Å². The topological polar surface area (TPSA) is 493 Å². The summed E-state index contributed by atoms with van der Waals surface area (Å²) in [5, 5.41) is 100. The number of nitrogens with two attached hydrogens (primary N) is 1. The number of aromatic nitrogens is 3. The number of aliphatic hydroxyl groups is 6. The molecule has 0 radical (unpaired) electrons. The lowest BCUT2D eigenvalue weighted by atomic mass is 9.76. The van der Waals surface area contributed by atoms with Gasteiger partial charge in [-0.3, -0.25) is 54.0 Å². The van der Waals surface area contributed by atoms with Crippen molar-refractivity contribution in [1.29, 1.82) is 0 Å². The summed E-state index contributed by atoms with van der Waals surface area (Å²) < 4.78 is 54.0. The molecule has 45 heteroatoms. The number of thiophene rings is 2. The number of amides is 4. The highest BCUT2D eigenvalue weighted by Gasteiger charge is 2.45. The Hall–Kier alpha value is -11.3. The number of benzene rings is 5. The van der Waals surface area contributed by atoms with Crippen LogP contribution in [0.1, 0.15) is 165 Å². The number of ketones is 1. The second-order valence-corrected chi connectivity index (χ2v) is 39.5. The molecule has 8 aliphatic rings. The Labute approximate surface area is 868 Å². The van der Waals surface area contributed by atoms with E-state index in [0.717, 1.165) is 116 Å². The van der Waals surface area contributed by atoms with Gasteiger partial charge in [0.15, 0.2) is 28.7 Å². The Bertz CT molecular complexity index is 6050. The summed E-state index contributed by atoms with van der Waals surface area (Å²) in [4.78, 5) is 103. The number of thioether (sulfide) groups is 2. The number of carboxylic acid groups (broad SMARTS) is 1. The van der Waals surface area contributed by atoms with Crippen LogP contribution in [0.5, 0.6) is 11.5 Å². The number of hydrogen-bond donors (Lipinski definition) is 13. The minimum atomic E-state index is -4.43. The molecule has 2 aliphatic carbocycles. The number of rotatable bonds is 28. The second kappa shape index (κ2) is 57.5. The van der Waals surface area contributed by atoms with Gasteiger partial charge in [0.1, 0.15) is 62.4 Å². The van der Waals surface area contributed by atoms with E-state index in [2.05, 4.69) is 131 Å². The molecule has 0 bridgehead atoms. The number of Topliss-reactive ketones (excluding diaryl/α,β-unsaturated/α-hetero) is 1. The Kier molecular flexibility index (Phi) is 46.4. The number of aliphatic imine (C=N–C) groups is 2. The first kappa shape index (κ1) is 116. The molecular weight excluding hydrogens is 2020 g/mol. The molecule has 5 aromatic carbocycles. The fourth-order valence-corrected chi connectivity index (χ4v) is 19.1. The maximum absolute atomic E-state index is 12.6. The summed E-state index contributed by atoms with van der Waals surface area (Å²) in [5.74, 6) is -1.44. The van der Waals surface area contributed by atoms with Gasteiger partial charge in [0, 0.05) is 121 Å². The number of phenolic OH excluding ortho intramolecular Hbond substituents is 1. The van der Waals surface area contributed by atoms with Gasteiger partial charge >= 0.3 is 18.1 Å². The number of carbonyl (C=O) groups excluding carboxylic acids is 6. The third kappa shape index (κ3) is 35.2. The molecule has 3 fully saturated rings. The smallest absolute Gasteiger partial charge is 0.416 e. The maximum atomic E-state index is 12.6. The van der Waals surface area contributed by atoms with Gasteiger partial charge in [-0.1, -0.05) is 159 Å². The average molecular weight is 2140 g/mol. The van der Waals surface area contributed by atoms with E-state index in [1.54, 1.807) is 65.1 Å². The monoisotopic (exact) mass is 2130 g/mol. The number of nitrogens with zero attached hydrogens (tertiary/aromatic N) is 11. The third-order valence-corrected chi connectivity index (χ3v) is 27.2. The van der Waals surface area contributed by atoms with Crippen molar-refractivity contribution in [2.24, 2.45) is 42.4 Å². The number of ether oxygens (including phenoxy) is 3.